The monoisotopic (exact) mass is 488 g/mol. The number of benzene rings is 2. The highest BCUT2D eigenvalue weighted by Gasteiger charge is 2.35. The normalized spacial score (nSPS) is 14.5. The van der Waals surface area contributed by atoms with E-state index in [2.05, 4.69) is 15.6 Å². The summed E-state index contributed by atoms with van der Waals surface area (Å²) in [7, 11) is 0. The maximum absolute atomic E-state index is 13.8. The van der Waals surface area contributed by atoms with Gasteiger partial charge in [0.1, 0.15) is 17.6 Å². The molecular weight excluding hydrogens is 459 g/mol. The van der Waals surface area contributed by atoms with Gasteiger partial charge in [-0.15, -0.1) is 0 Å². The zero-order valence-corrected chi connectivity index (χ0v) is 20.1. The van der Waals surface area contributed by atoms with E-state index in [0.29, 0.717) is 16.9 Å². The summed E-state index contributed by atoms with van der Waals surface area (Å²) in [5.74, 6) is -1.48. The first-order chi connectivity index (χ1) is 17.4. The zero-order chi connectivity index (χ0) is 25.5. The number of hydrogen-bond donors (Lipinski definition) is 2. The first kappa shape index (κ1) is 25.0. The lowest BCUT2D eigenvalue weighted by atomic mass is 9.94. The number of hydrogen-bond acceptors (Lipinski definition) is 4. The first-order valence-corrected chi connectivity index (χ1v) is 12.1. The predicted molar refractivity (Wildman–Crippen MR) is 136 cm³/mol. The molecule has 0 aliphatic heterocycles. The summed E-state index contributed by atoms with van der Waals surface area (Å²) in [5, 5.41) is 5.82. The summed E-state index contributed by atoms with van der Waals surface area (Å²) in [6.07, 6.45) is 6.47. The molecule has 1 aliphatic carbocycles. The fourth-order valence-corrected chi connectivity index (χ4v) is 4.49. The molecule has 2 aromatic carbocycles. The Bertz CT molecular complexity index is 1190. The van der Waals surface area contributed by atoms with E-state index in [1.807, 2.05) is 0 Å². The number of rotatable bonds is 7. The van der Waals surface area contributed by atoms with E-state index in [0.717, 1.165) is 32.1 Å². The van der Waals surface area contributed by atoms with Crippen molar-refractivity contribution in [1.82, 2.24) is 10.3 Å². The third-order valence-electron chi connectivity index (χ3n) is 6.21. The Kier molecular flexibility index (Phi) is 8.05. The quantitative estimate of drug-likeness (QED) is 0.489. The van der Waals surface area contributed by atoms with Gasteiger partial charge in [-0.2, -0.15) is 0 Å². The number of aromatic nitrogens is 1. The standard InChI is InChI=1S/C28H29FN4O3/c1-19(34)31-23-14-16-24(17-15-23)33(28(36)25-9-5-6-18-30-25)26(20-10-12-21(29)13-11-20)27(35)32-22-7-3-2-4-8-22/h5-6,9-18,22,26H,2-4,7-8H2,1H3,(H,31,34)(H,32,35)/t26-/m0/s1. The van der Waals surface area contributed by atoms with Crippen molar-refractivity contribution in [3.63, 3.8) is 0 Å². The third-order valence-corrected chi connectivity index (χ3v) is 6.21. The van der Waals surface area contributed by atoms with Crippen LogP contribution in [0.3, 0.4) is 0 Å². The SMILES string of the molecule is CC(=O)Nc1ccc(N(C(=O)c2ccccn2)[C@H](C(=O)NC2CCCCC2)c2ccc(F)cc2)cc1. The van der Waals surface area contributed by atoms with Crippen LogP contribution in [0.4, 0.5) is 15.8 Å². The van der Waals surface area contributed by atoms with Gasteiger partial charge >= 0.3 is 0 Å². The summed E-state index contributed by atoms with van der Waals surface area (Å²) in [6.45, 7) is 1.41. The Hall–Kier alpha value is -4.07. The van der Waals surface area contributed by atoms with Gasteiger partial charge in [0.15, 0.2) is 0 Å². The van der Waals surface area contributed by atoms with Crippen LogP contribution in [0.25, 0.3) is 0 Å². The second-order valence-corrected chi connectivity index (χ2v) is 8.92. The van der Waals surface area contributed by atoms with E-state index in [1.165, 1.54) is 42.3 Å². The fourth-order valence-electron chi connectivity index (χ4n) is 4.49. The molecule has 4 rings (SSSR count). The number of nitrogens with zero attached hydrogens (tertiary/aromatic N) is 2. The molecule has 1 heterocycles. The van der Waals surface area contributed by atoms with E-state index in [-0.39, 0.29) is 23.6 Å². The highest BCUT2D eigenvalue weighted by atomic mass is 19.1. The largest absolute Gasteiger partial charge is 0.351 e. The molecule has 1 saturated carbocycles. The van der Waals surface area contributed by atoms with Gasteiger partial charge in [0.05, 0.1) is 0 Å². The molecule has 36 heavy (non-hydrogen) atoms. The number of anilines is 2. The predicted octanol–water partition coefficient (Wildman–Crippen LogP) is 5.02. The molecule has 7 nitrogen and oxygen atoms in total. The van der Waals surface area contributed by atoms with Crippen LogP contribution in [0.2, 0.25) is 0 Å². The molecule has 1 atom stereocenters. The third kappa shape index (κ3) is 6.13. The van der Waals surface area contributed by atoms with Crippen molar-refractivity contribution in [2.24, 2.45) is 0 Å². The van der Waals surface area contributed by atoms with Crippen LogP contribution in [-0.2, 0) is 9.59 Å². The lowest BCUT2D eigenvalue weighted by Crippen LogP contribution is -2.47. The Labute approximate surface area is 209 Å². The van der Waals surface area contributed by atoms with Gasteiger partial charge in [0, 0.05) is 30.5 Å². The van der Waals surface area contributed by atoms with E-state index < -0.39 is 17.8 Å². The Balaban J connectivity index is 1.78. The maximum Gasteiger partial charge on any atom is 0.277 e. The van der Waals surface area contributed by atoms with Crippen LogP contribution in [0, 0.1) is 5.82 Å². The number of carbonyl (C=O) groups is 3. The number of carbonyl (C=O) groups excluding carboxylic acids is 3. The van der Waals surface area contributed by atoms with Crippen molar-refractivity contribution >= 4 is 29.1 Å². The van der Waals surface area contributed by atoms with Gasteiger partial charge in [-0.1, -0.05) is 37.5 Å². The van der Waals surface area contributed by atoms with Crippen molar-refractivity contribution in [1.29, 1.82) is 0 Å². The van der Waals surface area contributed by atoms with Crippen LogP contribution >= 0.6 is 0 Å². The molecule has 1 aliphatic rings. The summed E-state index contributed by atoms with van der Waals surface area (Å²) >= 11 is 0. The van der Waals surface area contributed by atoms with Gasteiger partial charge in [0.25, 0.3) is 5.91 Å². The van der Waals surface area contributed by atoms with Gasteiger partial charge in [-0.25, -0.2) is 4.39 Å². The van der Waals surface area contributed by atoms with E-state index in [1.54, 1.807) is 42.5 Å². The molecule has 8 heteroatoms. The molecule has 3 amide bonds. The summed E-state index contributed by atoms with van der Waals surface area (Å²) in [6, 6.07) is 16.2. The molecule has 0 radical (unpaired) electrons. The highest BCUT2D eigenvalue weighted by molar-refractivity contribution is 6.09. The highest BCUT2D eigenvalue weighted by Crippen LogP contribution is 2.31. The van der Waals surface area contributed by atoms with Crippen LogP contribution < -0.4 is 15.5 Å². The Morgan fingerprint density at radius 3 is 2.25 bits per heavy atom. The summed E-state index contributed by atoms with van der Waals surface area (Å²) in [5.41, 5.74) is 1.63. The molecule has 0 unspecified atom stereocenters. The van der Waals surface area contributed by atoms with Crippen molar-refractivity contribution in [2.45, 2.75) is 51.1 Å². The Morgan fingerprint density at radius 1 is 0.944 bits per heavy atom. The fraction of sp³-hybridized carbons (Fsp3) is 0.286. The maximum atomic E-state index is 13.8. The van der Waals surface area contributed by atoms with Crippen molar-refractivity contribution in [3.05, 3.63) is 90.0 Å². The minimum atomic E-state index is -1.06. The van der Waals surface area contributed by atoms with Crippen LogP contribution in [0.5, 0.6) is 0 Å². The van der Waals surface area contributed by atoms with Crippen LogP contribution in [-0.4, -0.2) is 28.7 Å². The molecule has 1 fully saturated rings. The topological polar surface area (TPSA) is 91.4 Å². The number of amides is 3. The minimum absolute atomic E-state index is 0.0168. The number of halogens is 1. The van der Waals surface area contributed by atoms with Gasteiger partial charge in [-0.05, 0) is 66.9 Å². The zero-order valence-electron chi connectivity index (χ0n) is 20.1. The lowest BCUT2D eigenvalue weighted by Gasteiger charge is -2.33. The van der Waals surface area contributed by atoms with Crippen molar-refractivity contribution in [2.75, 3.05) is 10.2 Å². The molecule has 1 aromatic heterocycles. The van der Waals surface area contributed by atoms with E-state index >= 15 is 0 Å². The molecular formula is C28H29FN4O3. The number of pyridine rings is 1. The van der Waals surface area contributed by atoms with Gasteiger partial charge < -0.3 is 10.6 Å². The summed E-state index contributed by atoms with van der Waals surface area (Å²) in [4.78, 5) is 44.7. The average Bonchev–Trinajstić information content (AvgIpc) is 2.89. The average molecular weight is 489 g/mol. The van der Waals surface area contributed by atoms with E-state index in [9.17, 15) is 18.8 Å². The number of nitrogens with one attached hydrogen (secondary N) is 2. The molecule has 3 aromatic rings. The van der Waals surface area contributed by atoms with Crippen LogP contribution in [0.1, 0.15) is 61.1 Å². The molecule has 0 bridgehead atoms. The lowest BCUT2D eigenvalue weighted by molar-refractivity contribution is -0.123. The van der Waals surface area contributed by atoms with Crippen molar-refractivity contribution < 1.29 is 18.8 Å². The second kappa shape index (κ2) is 11.6. The minimum Gasteiger partial charge on any atom is -0.351 e. The smallest absolute Gasteiger partial charge is 0.277 e. The molecule has 186 valence electrons. The van der Waals surface area contributed by atoms with Gasteiger partial charge in [-0.3, -0.25) is 24.3 Å². The Morgan fingerprint density at radius 2 is 1.64 bits per heavy atom. The molecule has 0 saturated heterocycles. The van der Waals surface area contributed by atoms with Crippen molar-refractivity contribution in [3.8, 4) is 0 Å². The van der Waals surface area contributed by atoms with Gasteiger partial charge in [0.2, 0.25) is 11.8 Å². The second-order valence-electron chi connectivity index (χ2n) is 8.92. The molecule has 0 spiro atoms. The molecule has 2 N–H and O–H groups in total. The first-order valence-electron chi connectivity index (χ1n) is 12.1. The summed E-state index contributed by atoms with van der Waals surface area (Å²) < 4.78 is 13.8. The van der Waals surface area contributed by atoms with Crippen LogP contribution in [0.15, 0.2) is 72.9 Å². The van der Waals surface area contributed by atoms with E-state index in [4.69, 9.17) is 0 Å².